The smallest absolute Gasteiger partial charge is 0.265 e. The normalized spacial score (nSPS) is 17.5. The summed E-state index contributed by atoms with van der Waals surface area (Å²) < 4.78 is 40.6. The molecule has 2 atom stereocenters. The van der Waals surface area contributed by atoms with E-state index in [1.165, 1.54) is 17.4 Å². The Balaban J connectivity index is 1.18. The number of para-hydroxylation sites is 2. The predicted octanol–water partition coefficient (Wildman–Crippen LogP) is 6.92. The highest BCUT2D eigenvalue weighted by molar-refractivity contribution is 7.91. The van der Waals surface area contributed by atoms with E-state index in [1.54, 1.807) is 37.3 Å². The fourth-order valence-electron chi connectivity index (χ4n) is 6.47. The minimum absolute atomic E-state index is 0.0371. The number of sulfone groups is 1. The van der Waals surface area contributed by atoms with E-state index in [4.69, 9.17) is 4.98 Å². The number of rotatable bonds is 5. The van der Waals surface area contributed by atoms with E-state index in [-0.39, 0.29) is 29.9 Å². The lowest BCUT2D eigenvalue weighted by molar-refractivity contribution is 0.102. The molecular weight excluding hydrogens is 636 g/mol. The van der Waals surface area contributed by atoms with Gasteiger partial charge in [0.2, 0.25) is 0 Å². The van der Waals surface area contributed by atoms with Crippen LogP contribution < -0.4 is 15.1 Å². The van der Waals surface area contributed by atoms with E-state index in [0.29, 0.717) is 39.8 Å². The number of aliphatic hydroxyl groups is 1. The van der Waals surface area contributed by atoms with Gasteiger partial charge in [0.1, 0.15) is 11.6 Å². The highest BCUT2D eigenvalue weighted by atomic mass is 32.2. The number of fused-ring (bicyclic) bond motifs is 4. The molecule has 47 heavy (non-hydrogen) atoms. The summed E-state index contributed by atoms with van der Waals surface area (Å²) in [6.07, 6.45) is -0.531. The van der Waals surface area contributed by atoms with Gasteiger partial charge in [0.25, 0.3) is 5.91 Å². The molecule has 1 unspecified atom stereocenters. The molecule has 2 aliphatic heterocycles. The van der Waals surface area contributed by atoms with Crippen LogP contribution in [0.4, 0.5) is 21.6 Å². The molecule has 0 radical (unpaired) electrons. The Kier molecular flexibility index (Phi) is 8.07. The van der Waals surface area contributed by atoms with Crippen molar-refractivity contribution in [2.24, 2.45) is 0 Å². The van der Waals surface area contributed by atoms with Crippen LogP contribution in [0.25, 0.3) is 10.4 Å². The van der Waals surface area contributed by atoms with E-state index in [2.05, 4.69) is 5.32 Å². The van der Waals surface area contributed by atoms with Gasteiger partial charge in [-0.15, -0.1) is 11.3 Å². The van der Waals surface area contributed by atoms with Gasteiger partial charge >= 0.3 is 0 Å². The molecule has 2 aromatic heterocycles. The fourth-order valence-corrected chi connectivity index (χ4v) is 9.15. The van der Waals surface area contributed by atoms with Gasteiger partial charge in [-0.05, 0) is 73.4 Å². The molecule has 0 spiro atoms. The molecule has 0 fully saturated rings. The maximum atomic E-state index is 14.4. The second-order valence-corrected chi connectivity index (χ2v) is 15.0. The number of pyridine rings is 1. The van der Waals surface area contributed by atoms with Gasteiger partial charge in [-0.3, -0.25) is 4.79 Å². The van der Waals surface area contributed by atoms with E-state index in [0.717, 1.165) is 27.3 Å². The standard InChI is InChI=1S/C36H33FN4O4S2/c1-22-9-7-12-27(37)33(22)39-35(42)30-21-24-17-18-41(29-14-5-3-11-26(29)34(24)46-30)36(43)28-13-8-16-32(38-28)40-19-20-47(44,45)31-15-6-4-10-25(31)23(40)2/h3-16,21,23,36,43H,17-20H2,1-2H3,(H,39,42)/t23-,36?/m1/s1. The van der Waals surface area contributed by atoms with Crippen molar-refractivity contribution in [2.45, 2.75) is 37.4 Å². The Bertz CT molecular complexity index is 2100. The van der Waals surface area contributed by atoms with Crippen molar-refractivity contribution in [3.63, 3.8) is 0 Å². The van der Waals surface area contributed by atoms with Crippen molar-refractivity contribution in [2.75, 3.05) is 34.0 Å². The minimum Gasteiger partial charge on any atom is -0.368 e. The zero-order valence-corrected chi connectivity index (χ0v) is 27.5. The fraction of sp³-hybridized carbons (Fsp3) is 0.222. The van der Waals surface area contributed by atoms with E-state index < -0.39 is 21.9 Å². The number of halogens is 1. The predicted molar refractivity (Wildman–Crippen MR) is 183 cm³/mol. The number of aliphatic hydroxyl groups excluding tert-OH is 1. The molecule has 1 amide bonds. The number of benzene rings is 3. The topological polar surface area (TPSA) is 103 Å². The maximum Gasteiger partial charge on any atom is 0.265 e. The number of hydrogen-bond donors (Lipinski definition) is 2. The molecule has 0 saturated carbocycles. The van der Waals surface area contributed by atoms with Gasteiger partial charge in [0, 0.05) is 29.2 Å². The van der Waals surface area contributed by atoms with Gasteiger partial charge in [-0.2, -0.15) is 0 Å². The number of carbonyl (C=O) groups excluding carboxylic acids is 1. The molecule has 2 aliphatic rings. The SMILES string of the molecule is Cc1cccc(F)c1NC(=O)c1cc2c(s1)-c1ccccc1N(C(O)c1cccc(N3CCS(=O)(=O)c4ccccc4[C@H]3C)n1)CC2. The number of nitrogens with zero attached hydrogens (tertiary/aromatic N) is 3. The molecule has 11 heteroatoms. The number of aromatic nitrogens is 1. The molecule has 0 aliphatic carbocycles. The molecule has 4 heterocycles. The van der Waals surface area contributed by atoms with E-state index >= 15 is 0 Å². The molecule has 2 N–H and O–H groups in total. The molecular formula is C36H33FN4O4S2. The van der Waals surface area contributed by atoms with Gasteiger partial charge in [-0.25, -0.2) is 17.8 Å². The van der Waals surface area contributed by atoms with Crippen LogP contribution in [0.2, 0.25) is 0 Å². The zero-order chi connectivity index (χ0) is 32.9. The number of thiophene rings is 1. The van der Waals surface area contributed by atoms with Crippen molar-refractivity contribution in [3.05, 3.63) is 124 Å². The molecule has 8 nitrogen and oxygen atoms in total. The molecule has 240 valence electrons. The van der Waals surface area contributed by atoms with Gasteiger partial charge in [-0.1, -0.05) is 54.6 Å². The first-order valence-electron chi connectivity index (χ1n) is 15.4. The molecule has 0 saturated heterocycles. The van der Waals surface area contributed by atoms with Crippen molar-refractivity contribution in [1.29, 1.82) is 0 Å². The Morgan fingerprint density at radius 1 is 1.02 bits per heavy atom. The van der Waals surface area contributed by atoms with Crippen molar-refractivity contribution in [3.8, 4) is 10.4 Å². The summed E-state index contributed by atoms with van der Waals surface area (Å²) in [4.78, 5) is 23.7. The van der Waals surface area contributed by atoms with Crippen molar-refractivity contribution in [1.82, 2.24) is 4.98 Å². The van der Waals surface area contributed by atoms with Crippen LogP contribution in [-0.2, 0) is 16.3 Å². The number of carbonyl (C=O) groups is 1. The lowest BCUT2D eigenvalue weighted by atomic mass is 10.1. The van der Waals surface area contributed by atoms with Crippen LogP contribution in [0.1, 0.15) is 51.2 Å². The lowest BCUT2D eigenvalue weighted by Crippen LogP contribution is -2.32. The van der Waals surface area contributed by atoms with Gasteiger partial charge < -0.3 is 20.2 Å². The molecule has 7 rings (SSSR count). The zero-order valence-electron chi connectivity index (χ0n) is 25.9. The second kappa shape index (κ2) is 12.2. The summed E-state index contributed by atoms with van der Waals surface area (Å²) in [6.45, 7) is 4.44. The largest absolute Gasteiger partial charge is 0.368 e. The van der Waals surface area contributed by atoms with Gasteiger partial charge in [0.05, 0.1) is 32.9 Å². The maximum absolute atomic E-state index is 14.4. The van der Waals surface area contributed by atoms with Crippen LogP contribution in [0.5, 0.6) is 0 Å². The summed E-state index contributed by atoms with van der Waals surface area (Å²) >= 11 is 1.34. The third kappa shape index (κ3) is 5.68. The van der Waals surface area contributed by atoms with Crippen LogP contribution in [0.15, 0.2) is 95.9 Å². The molecule has 3 aromatic carbocycles. The quantitative estimate of drug-likeness (QED) is 0.210. The Morgan fingerprint density at radius 2 is 1.79 bits per heavy atom. The first kappa shape index (κ1) is 31.0. The average molecular weight is 669 g/mol. The van der Waals surface area contributed by atoms with Crippen molar-refractivity contribution < 1.29 is 22.7 Å². The van der Waals surface area contributed by atoms with Gasteiger partial charge in [0.15, 0.2) is 16.1 Å². The third-order valence-corrected chi connectivity index (χ3v) is 11.9. The summed E-state index contributed by atoms with van der Waals surface area (Å²) in [5.74, 6) is -0.303. The van der Waals surface area contributed by atoms with Crippen LogP contribution in [-0.4, -0.2) is 43.3 Å². The van der Waals surface area contributed by atoms with Crippen molar-refractivity contribution >= 4 is 44.3 Å². The Hall–Kier alpha value is -4.58. The monoisotopic (exact) mass is 668 g/mol. The first-order valence-corrected chi connectivity index (χ1v) is 17.9. The summed E-state index contributed by atoms with van der Waals surface area (Å²) in [7, 11) is -3.45. The summed E-state index contributed by atoms with van der Waals surface area (Å²) in [5, 5.41) is 14.6. The lowest BCUT2D eigenvalue weighted by Gasteiger charge is -2.32. The van der Waals surface area contributed by atoms with Crippen LogP contribution in [0.3, 0.4) is 0 Å². The van der Waals surface area contributed by atoms with E-state index in [9.17, 15) is 22.7 Å². The number of hydrogen-bond acceptors (Lipinski definition) is 8. The Labute approximate surface area is 277 Å². The third-order valence-electron chi connectivity index (χ3n) is 8.96. The number of amides is 1. The summed E-state index contributed by atoms with van der Waals surface area (Å²) in [6, 6.07) is 26.6. The number of anilines is 3. The number of nitrogens with one attached hydrogen (secondary N) is 1. The average Bonchev–Trinajstić information content (AvgIpc) is 3.40. The molecule has 0 bridgehead atoms. The Morgan fingerprint density at radius 3 is 2.62 bits per heavy atom. The number of aryl methyl sites for hydroxylation is 1. The minimum atomic E-state index is -3.45. The summed E-state index contributed by atoms with van der Waals surface area (Å²) in [5.41, 5.74) is 4.62. The first-order chi connectivity index (χ1) is 22.6. The van der Waals surface area contributed by atoms with Crippen LogP contribution in [0, 0.1) is 12.7 Å². The van der Waals surface area contributed by atoms with E-state index in [1.807, 2.05) is 71.3 Å². The second-order valence-electron chi connectivity index (χ2n) is 11.8. The highest BCUT2D eigenvalue weighted by Crippen LogP contribution is 2.44. The highest BCUT2D eigenvalue weighted by Gasteiger charge is 2.32. The van der Waals surface area contributed by atoms with Crippen LogP contribution >= 0.6 is 11.3 Å². The molecule has 5 aromatic rings.